The van der Waals surface area contributed by atoms with Gasteiger partial charge < -0.3 is 14.5 Å². The molecule has 0 saturated heterocycles. The summed E-state index contributed by atoms with van der Waals surface area (Å²) in [6.45, 7) is 2.39. The Morgan fingerprint density at radius 1 is 1.15 bits per heavy atom. The Kier molecular flexibility index (Phi) is 5.58. The number of halogens is 1. The molecule has 0 aliphatic heterocycles. The summed E-state index contributed by atoms with van der Waals surface area (Å²) in [6, 6.07) is 14.6. The first-order valence-electron chi connectivity index (χ1n) is 8.24. The van der Waals surface area contributed by atoms with Crippen LogP contribution in [0.5, 0.6) is 5.75 Å². The molecule has 0 unspecified atom stereocenters. The molecule has 6 heteroatoms. The number of fused-ring (bicyclic) bond motifs is 1. The Labute approximate surface area is 155 Å². The minimum atomic E-state index is -0.418. The lowest BCUT2D eigenvalue weighted by atomic mass is 10.1. The predicted octanol–water partition coefficient (Wildman–Crippen LogP) is 3.87. The second kappa shape index (κ2) is 8.06. The van der Waals surface area contributed by atoms with E-state index >= 15 is 0 Å². The van der Waals surface area contributed by atoms with Gasteiger partial charge in [0.05, 0.1) is 18.5 Å². The predicted molar refractivity (Wildman–Crippen MR) is 101 cm³/mol. The van der Waals surface area contributed by atoms with E-state index in [0.717, 1.165) is 10.9 Å². The second-order valence-corrected chi connectivity index (χ2v) is 6.21. The second-order valence-electron chi connectivity index (χ2n) is 5.77. The monoisotopic (exact) mass is 371 g/mol. The summed E-state index contributed by atoms with van der Waals surface area (Å²) in [5.74, 6) is 0.213. The summed E-state index contributed by atoms with van der Waals surface area (Å²) >= 11 is 5.96. The largest absolute Gasteiger partial charge is 0.489 e. The third kappa shape index (κ3) is 4.43. The van der Waals surface area contributed by atoms with Crippen LogP contribution in [0.2, 0.25) is 5.02 Å². The Bertz CT molecular complexity index is 997. The van der Waals surface area contributed by atoms with E-state index in [4.69, 9.17) is 21.1 Å². The smallest absolute Gasteiger partial charge is 0.310 e. The Morgan fingerprint density at radius 3 is 2.77 bits per heavy atom. The highest BCUT2D eigenvalue weighted by atomic mass is 35.5. The zero-order valence-corrected chi connectivity index (χ0v) is 15.0. The van der Waals surface area contributed by atoms with Crippen molar-refractivity contribution in [3.8, 4) is 5.75 Å². The first-order chi connectivity index (χ1) is 12.5. The van der Waals surface area contributed by atoms with E-state index < -0.39 is 5.97 Å². The molecule has 1 N–H and O–H groups in total. The standard InChI is InChI=1S/C20H18ClNO4/c1-2-25-19(23)10-15-9-14-6-7-17(11-18(14)22-20(15)24)26-12-13-4-3-5-16(21)8-13/h3-9,11H,2,10,12H2,1H3,(H,22,24). The molecule has 0 aliphatic rings. The SMILES string of the molecule is CCOC(=O)Cc1cc2ccc(OCc3cccc(Cl)c3)cc2[nH]c1=O. The van der Waals surface area contributed by atoms with E-state index in [1.165, 1.54) is 0 Å². The summed E-state index contributed by atoms with van der Waals surface area (Å²) in [6.07, 6.45) is -0.0495. The quantitative estimate of drug-likeness (QED) is 0.668. The van der Waals surface area contributed by atoms with Crippen LogP contribution in [-0.4, -0.2) is 17.6 Å². The van der Waals surface area contributed by atoms with Gasteiger partial charge in [0.2, 0.25) is 0 Å². The number of pyridine rings is 1. The average Bonchev–Trinajstić information content (AvgIpc) is 2.61. The van der Waals surface area contributed by atoms with Gasteiger partial charge in [-0.2, -0.15) is 0 Å². The minimum absolute atomic E-state index is 0.0495. The maximum Gasteiger partial charge on any atom is 0.310 e. The van der Waals surface area contributed by atoms with E-state index in [9.17, 15) is 9.59 Å². The van der Waals surface area contributed by atoms with Crippen LogP contribution in [0, 0.1) is 0 Å². The molecule has 0 atom stereocenters. The van der Waals surface area contributed by atoms with Crippen LogP contribution < -0.4 is 10.3 Å². The summed E-state index contributed by atoms with van der Waals surface area (Å²) in [5.41, 5.74) is 1.67. The minimum Gasteiger partial charge on any atom is -0.489 e. The van der Waals surface area contributed by atoms with Crippen molar-refractivity contribution in [1.29, 1.82) is 0 Å². The molecule has 26 heavy (non-hydrogen) atoms. The Morgan fingerprint density at radius 2 is 2.00 bits per heavy atom. The molecule has 0 radical (unpaired) electrons. The maximum absolute atomic E-state index is 12.2. The Balaban J connectivity index is 1.78. The van der Waals surface area contributed by atoms with Gasteiger partial charge in [0.15, 0.2) is 0 Å². The first kappa shape index (κ1) is 18.0. The first-order valence-corrected chi connectivity index (χ1v) is 8.62. The molecular formula is C20H18ClNO4. The van der Waals surface area contributed by atoms with Crippen molar-refractivity contribution >= 4 is 28.5 Å². The number of ether oxygens (including phenoxy) is 2. The molecule has 134 valence electrons. The van der Waals surface area contributed by atoms with Gasteiger partial charge in [0.25, 0.3) is 5.56 Å². The molecular weight excluding hydrogens is 354 g/mol. The molecule has 1 heterocycles. The van der Waals surface area contributed by atoms with Crippen molar-refractivity contribution in [3.05, 3.63) is 75.0 Å². The van der Waals surface area contributed by atoms with E-state index in [2.05, 4.69) is 4.98 Å². The molecule has 2 aromatic carbocycles. The van der Waals surface area contributed by atoms with E-state index in [0.29, 0.717) is 28.5 Å². The number of esters is 1. The third-order valence-corrected chi connectivity index (χ3v) is 4.06. The van der Waals surface area contributed by atoms with Crippen LogP contribution in [0.1, 0.15) is 18.1 Å². The topological polar surface area (TPSA) is 68.4 Å². The highest BCUT2D eigenvalue weighted by molar-refractivity contribution is 6.30. The van der Waals surface area contributed by atoms with Crippen molar-refractivity contribution in [2.24, 2.45) is 0 Å². The number of hydrogen-bond donors (Lipinski definition) is 1. The molecule has 3 rings (SSSR count). The van der Waals surface area contributed by atoms with Crippen molar-refractivity contribution in [3.63, 3.8) is 0 Å². The van der Waals surface area contributed by atoms with Crippen LogP contribution in [-0.2, 0) is 22.6 Å². The molecule has 0 aliphatic carbocycles. The van der Waals surface area contributed by atoms with Crippen molar-refractivity contribution in [2.75, 3.05) is 6.61 Å². The molecule has 3 aromatic rings. The normalized spacial score (nSPS) is 10.7. The number of rotatable bonds is 6. The van der Waals surface area contributed by atoms with Gasteiger partial charge in [-0.1, -0.05) is 23.7 Å². The zero-order valence-electron chi connectivity index (χ0n) is 14.3. The number of nitrogens with one attached hydrogen (secondary N) is 1. The van der Waals surface area contributed by atoms with Crippen LogP contribution in [0.3, 0.4) is 0 Å². The summed E-state index contributed by atoms with van der Waals surface area (Å²) in [4.78, 5) is 26.6. The summed E-state index contributed by atoms with van der Waals surface area (Å²) in [7, 11) is 0. The molecule has 5 nitrogen and oxygen atoms in total. The molecule has 0 amide bonds. The number of aromatic nitrogens is 1. The molecule has 0 saturated carbocycles. The van der Waals surface area contributed by atoms with Gasteiger partial charge in [-0.15, -0.1) is 0 Å². The van der Waals surface area contributed by atoms with Gasteiger partial charge in [-0.05, 0) is 48.2 Å². The van der Waals surface area contributed by atoms with Gasteiger partial charge in [0.1, 0.15) is 12.4 Å². The molecule has 0 fully saturated rings. The molecule has 0 spiro atoms. The summed E-state index contributed by atoms with van der Waals surface area (Å²) < 4.78 is 10.7. The lowest BCUT2D eigenvalue weighted by molar-refractivity contribution is -0.142. The van der Waals surface area contributed by atoms with E-state index in [1.807, 2.05) is 30.3 Å². The number of aromatic amines is 1. The van der Waals surface area contributed by atoms with Crippen molar-refractivity contribution in [1.82, 2.24) is 4.98 Å². The number of benzene rings is 2. The highest BCUT2D eigenvalue weighted by Crippen LogP contribution is 2.21. The van der Waals surface area contributed by atoms with Crippen molar-refractivity contribution in [2.45, 2.75) is 20.0 Å². The fraction of sp³-hybridized carbons (Fsp3) is 0.200. The highest BCUT2D eigenvalue weighted by Gasteiger charge is 2.10. The van der Waals surface area contributed by atoms with E-state index in [-0.39, 0.29) is 18.6 Å². The van der Waals surface area contributed by atoms with Crippen LogP contribution in [0.15, 0.2) is 53.3 Å². The van der Waals surface area contributed by atoms with E-state index in [1.54, 1.807) is 25.1 Å². The summed E-state index contributed by atoms with van der Waals surface area (Å²) in [5, 5.41) is 1.47. The number of hydrogen-bond acceptors (Lipinski definition) is 4. The number of H-pyrrole nitrogens is 1. The lowest BCUT2D eigenvalue weighted by Gasteiger charge is -2.09. The fourth-order valence-electron chi connectivity index (χ4n) is 2.61. The van der Waals surface area contributed by atoms with Gasteiger partial charge in [-0.3, -0.25) is 9.59 Å². The third-order valence-electron chi connectivity index (χ3n) is 3.83. The number of carbonyl (C=O) groups is 1. The van der Waals surface area contributed by atoms with Gasteiger partial charge in [-0.25, -0.2) is 0 Å². The molecule has 1 aromatic heterocycles. The average molecular weight is 372 g/mol. The van der Waals surface area contributed by atoms with Crippen LogP contribution in [0.25, 0.3) is 10.9 Å². The maximum atomic E-state index is 12.2. The van der Waals surface area contributed by atoms with Gasteiger partial charge in [0, 0.05) is 16.7 Å². The van der Waals surface area contributed by atoms with Crippen LogP contribution in [0.4, 0.5) is 0 Å². The van der Waals surface area contributed by atoms with Crippen LogP contribution >= 0.6 is 11.6 Å². The Hall–Kier alpha value is -2.79. The zero-order chi connectivity index (χ0) is 18.5. The van der Waals surface area contributed by atoms with Gasteiger partial charge >= 0.3 is 5.97 Å². The lowest BCUT2D eigenvalue weighted by Crippen LogP contribution is -2.17. The molecule has 0 bridgehead atoms. The number of carbonyl (C=O) groups excluding carboxylic acids is 1. The fourth-order valence-corrected chi connectivity index (χ4v) is 2.82. The van der Waals surface area contributed by atoms with Crippen molar-refractivity contribution < 1.29 is 14.3 Å².